The lowest BCUT2D eigenvalue weighted by molar-refractivity contribution is -0.111. The second kappa shape index (κ2) is 6.66. The molecule has 2 aromatic carbocycles. The van der Waals surface area contributed by atoms with E-state index in [1.54, 1.807) is 11.9 Å². The molecule has 0 N–H and O–H groups in total. The summed E-state index contributed by atoms with van der Waals surface area (Å²) in [5.41, 5.74) is 2.50. The quantitative estimate of drug-likeness (QED) is 0.615. The van der Waals surface area contributed by atoms with Crippen LogP contribution in [0.5, 0.6) is 0 Å². The molecule has 0 aromatic heterocycles. The molecular weight excluding hydrogens is 248 g/mol. The number of hydrazone groups is 1. The van der Waals surface area contributed by atoms with Crippen LogP contribution in [0.1, 0.15) is 18.1 Å². The number of nitrogens with zero attached hydrogens (tertiary/aromatic N) is 2. The molecular formula is C17H18N2O. The Hall–Kier alpha value is -2.42. The number of hydrogen-bond donors (Lipinski definition) is 0. The van der Waals surface area contributed by atoms with E-state index in [4.69, 9.17) is 0 Å². The number of ketones is 1. The van der Waals surface area contributed by atoms with E-state index in [0.29, 0.717) is 12.3 Å². The lowest BCUT2D eigenvalue weighted by Gasteiger charge is -2.15. The number of carbonyl (C=O) groups is 1. The van der Waals surface area contributed by atoms with Gasteiger partial charge in [0.15, 0.2) is 5.78 Å². The number of hydrogen-bond acceptors (Lipinski definition) is 3. The summed E-state index contributed by atoms with van der Waals surface area (Å²) in [4.78, 5) is 11.8. The zero-order valence-corrected chi connectivity index (χ0v) is 11.8. The molecule has 102 valence electrons. The van der Waals surface area contributed by atoms with Gasteiger partial charge in [-0.3, -0.25) is 9.80 Å². The van der Waals surface area contributed by atoms with Gasteiger partial charge in [0.25, 0.3) is 0 Å². The van der Waals surface area contributed by atoms with Crippen molar-refractivity contribution in [2.75, 3.05) is 7.05 Å². The van der Waals surface area contributed by atoms with E-state index in [1.165, 1.54) is 0 Å². The summed E-state index contributed by atoms with van der Waals surface area (Å²) in [6.07, 6.45) is 0. The van der Waals surface area contributed by atoms with Crippen LogP contribution in [-0.4, -0.2) is 23.6 Å². The van der Waals surface area contributed by atoms with E-state index >= 15 is 0 Å². The molecule has 0 heterocycles. The maximum atomic E-state index is 11.8. The molecule has 0 bridgehead atoms. The maximum Gasteiger partial charge on any atom is 0.180 e. The number of rotatable bonds is 5. The van der Waals surface area contributed by atoms with Crippen molar-refractivity contribution in [1.29, 1.82) is 0 Å². The molecule has 0 spiro atoms. The van der Waals surface area contributed by atoms with Crippen LogP contribution >= 0.6 is 0 Å². The minimum atomic E-state index is -0.0314. The van der Waals surface area contributed by atoms with Crippen molar-refractivity contribution in [2.45, 2.75) is 13.5 Å². The minimum Gasteiger partial charge on any atom is -0.295 e. The van der Waals surface area contributed by atoms with E-state index in [0.717, 1.165) is 11.1 Å². The van der Waals surface area contributed by atoms with Gasteiger partial charge in [-0.05, 0) is 5.56 Å². The first kappa shape index (κ1) is 14.0. The van der Waals surface area contributed by atoms with Crippen LogP contribution in [0, 0.1) is 0 Å². The predicted octanol–water partition coefficient (Wildman–Crippen LogP) is 3.11. The van der Waals surface area contributed by atoms with Crippen LogP contribution in [0.3, 0.4) is 0 Å². The highest BCUT2D eigenvalue weighted by Crippen LogP contribution is 2.07. The van der Waals surface area contributed by atoms with Crippen molar-refractivity contribution < 1.29 is 4.79 Å². The second-order valence-corrected chi connectivity index (χ2v) is 4.67. The highest BCUT2D eigenvalue weighted by atomic mass is 16.1. The van der Waals surface area contributed by atoms with Gasteiger partial charge >= 0.3 is 0 Å². The number of carbonyl (C=O) groups excluding carboxylic acids is 1. The second-order valence-electron chi connectivity index (χ2n) is 4.67. The van der Waals surface area contributed by atoms with Gasteiger partial charge in [0.1, 0.15) is 5.71 Å². The lowest BCUT2D eigenvalue weighted by Crippen LogP contribution is -2.19. The first-order valence-electron chi connectivity index (χ1n) is 6.57. The molecule has 0 saturated carbocycles. The molecule has 0 atom stereocenters. The molecule has 2 aromatic rings. The Morgan fingerprint density at radius 3 is 2.10 bits per heavy atom. The Labute approximate surface area is 119 Å². The molecule has 3 heteroatoms. The fraction of sp³-hybridized carbons (Fsp3) is 0.176. The maximum absolute atomic E-state index is 11.8. The van der Waals surface area contributed by atoms with Crippen molar-refractivity contribution in [3.05, 3.63) is 71.8 Å². The summed E-state index contributed by atoms with van der Waals surface area (Å²) in [7, 11) is 1.87. The van der Waals surface area contributed by atoms with Crippen molar-refractivity contribution in [3.8, 4) is 0 Å². The molecule has 0 saturated heterocycles. The van der Waals surface area contributed by atoms with E-state index < -0.39 is 0 Å². The Balaban J connectivity index is 2.19. The first-order chi connectivity index (χ1) is 9.66. The monoisotopic (exact) mass is 266 g/mol. The Morgan fingerprint density at radius 1 is 1.00 bits per heavy atom. The molecule has 0 amide bonds. The first-order valence-corrected chi connectivity index (χ1v) is 6.57. The summed E-state index contributed by atoms with van der Waals surface area (Å²) < 4.78 is 0. The fourth-order valence-corrected chi connectivity index (χ4v) is 1.98. The summed E-state index contributed by atoms with van der Waals surface area (Å²) >= 11 is 0. The third-order valence-electron chi connectivity index (χ3n) is 2.91. The van der Waals surface area contributed by atoms with Crippen molar-refractivity contribution in [3.63, 3.8) is 0 Å². The summed E-state index contributed by atoms with van der Waals surface area (Å²) in [5.74, 6) is -0.0314. The molecule has 0 aliphatic heterocycles. The standard InChI is InChI=1S/C17H18N2O/c1-14(20)17(16-11-7-4-8-12-16)18-19(2)13-15-9-5-3-6-10-15/h3-12H,13H2,1-2H3/b18-17+. The van der Waals surface area contributed by atoms with Crippen LogP contribution in [0.25, 0.3) is 0 Å². The van der Waals surface area contributed by atoms with E-state index in [1.807, 2.05) is 67.7 Å². The zero-order valence-electron chi connectivity index (χ0n) is 11.8. The summed E-state index contributed by atoms with van der Waals surface area (Å²) in [5, 5.41) is 6.23. The average Bonchev–Trinajstić information content (AvgIpc) is 2.46. The molecule has 0 aliphatic carbocycles. The third-order valence-corrected chi connectivity index (χ3v) is 2.91. The smallest absolute Gasteiger partial charge is 0.180 e. The highest BCUT2D eigenvalue weighted by molar-refractivity contribution is 6.45. The third kappa shape index (κ3) is 3.79. The van der Waals surface area contributed by atoms with Gasteiger partial charge < -0.3 is 0 Å². The zero-order chi connectivity index (χ0) is 14.4. The van der Waals surface area contributed by atoms with Gasteiger partial charge in [0, 0.05) is 19.5 Å². The SMILES string of the molecule is CC(=O)/C(=N\N(C)Cc1ccccc1)c1ccccc1. The molecule has 3 nitrogen and oxygen atoms in total. The molecule has 0 aliphatic rings. The Kier molecular flexibility index (Phi) is 4.66. The predicted molar refractivity (Wildman–Crippen MR) is 81.6 cm³/mol. The van der Waals surface area contributed by atoms with Gasteiger partial charge in [-0.1, -0.05) is 60.7 Å². The number of Topliss-reactive ketones (excluding diaryl/α,β-unsaturated/α-hetero) is 1. The molecule has 0 radical (unpaired) electrons. The van der Waals surface area contributed by atoms with Crippen LogP contribution < -0.4 is 0 Å². The van der Waals surface area contributed by atoms with Gasteiger partial charge in [-0.25, -0.2) is 0 Å². The number of benzene rings is 2. The van der Waals surface area contributed by atoms with Crippen LogP contribution in [0.2, 0.25) is 0 Å². The molecule has 0 unspecified atom stereocenters. The van der Waals surface area contributed by atoms with Gasteiger partial charge in [-0.2, -0.15) is 5.10 Å². The van der Waals surface area contributed by atoms with E-state index in [9.17, 15) is 4.79 Å². The summed E-state index contributed by atoms with van der Waals surface area (Å²) in [6, 6.07) is 19.6. The lowest BCUT2D eigenvalue weighted by atomic mass is 10.1. The average molecular weight is 266 g/mol. The molecule has 0 fully saturated rings. The van der Waals surface area contributed by atoms with Crippen molar-refractivity contribution in [1.82, 2.24) is 5.01 Å². The molecule has 20 heavy (non-hydrogen) atoms. The minimum absolute atomic E-state index is 0.0314. The fourth-order valence-electron chi connectivity index (χ4n) is 1.98. The van der Waals surface area contributed by atoms with Crippen molar-refractivity contribution >= 4 is 11.5 Å². The van der Waals surface area contributed by atoms with Gasteiger partial charge in [0.05, 0.1) is 6.54 Å². The largest absolute Gasteiger partial charge is 0.295 e. The topological polar surface area (TPSA) is 32.7 Å². The van der Waals surface area contributed by atoms with Crippen molar-refractivity contribution in [2.24, 2.45) is 5.10 Å². The van der Waals surface area contributed by atoms with Gasteiger partial charge in [0.2, 0.25) is 0 Å². The van der Waals surface area contributed by atoms with Gasteiger partial charge in [-0.15, -0.1) is 0 Å². The normalized spacial score (nSPS) is 11.2. The van der Waals surface area contributed by atoms with Crippen LogP contribution in [0.15, 0.2) is 65.8 Å². The van der Waals surface area contributed by atoms with E-state index in [2.05, 4.69) is 5.10 Å². The molecule has 2 rings (SSSR count). The van der Waals surface area contributed by atoms with Crippen LogP contribution in [-0.2, 0) is 11.3 Å². The Bertz CT molecular complexity index is 591. The Morgan fingerprint density at radius 2 is 1.55 bits per heavy atom. The highest BCUT2D eigenvalue weighted by Gasteiger charge is 2.10. The van der Waals surface area contributed by atoms with E-state index in [-0.39, 0.29) is 5.78 Å². The van der Waals surface area contributed by atoms with Crippen LogP contribution in [0.4, 0.5) is 0 Å². The summed E-state index contributed by atoms with van der Waals surface area (Å²) in [6.45, 7) is 2.21.